The highest BCUT2D eigenvalue weighted by atomic mass is 16.2. The van der Waals surface area contributed by atoms with Gasteiger partial charge in [-0.1, -0.05) is 6.92 Å². The van der Waals surface area contributed by atoms with Gasteiger partial charge in [-0.2, -0.15) is 0 Å². The summed E-state index contributed by atoms with van der Waals surface area (Å²) in [6, 6.07) is 0. The van der Waals surface area contributed by atoms with Gasteiger partial charge in [0, 0.05) is 20.6 Å². The largest absolute Gasteiger partial charge is 0.358 e. The SMILES string of the molecule is CCC(CN)C(=O)N(C)CC(=O)NC. The van der Waals surface area contributed by atoms with Crippen molar-refractivity contribution < 1.29 is 9.59 Å². The van der Waals surface area contributed by atoms with Gasteiger partial charge in [0.15, 0.2) is 0 Å². The van der Waals surface area contributed by atoms with Gasteiger partial charge in [0.05, 0.1) is 12.5 Å². The summed E-state index contributed by atoms with van der Waals surface area (Å²) in [5.74, 6) is -0.420. The number of carbonyl (C=O) groups excluding carboxylic acids is 2. The van der Waals surface area contributed by atoms with Crippen molar-refractivity contribution in [1.82, 2.24) is 10.2 Å². The van der Waals surface area contributed by atoms with Crippen LogP contribution in [0.3, 0.4) is 0 Å². The van der Waals surface area contributed by atoms with Gasteiger partial charge in [0.1, 0.15) is 0 Å². The van der Waals surface area contributed by atoms with E-state index in [1.165, 1.54) is 4.90 Å². The van der Waals surface area contributed by atoms with E-state index < -0.39 is 0 Å². The monoisotopic (exact) mass is 201 g/mol. The molecule has 5 heteroatoms. The molecule has 0 aliphatic rings. The van der Waals surface area contributed by atoms with Crippen LogP contribution in [0.4, 0.5) is 0 Å². The molecule has 0 aromatic heterocycles. The van der Waals surface area contributed by atoms with E-state index in [2.05, 4.69) is 5.32 Å². The second-order valence-corrected chi connectivity index (χ2v) is 3.21. The highest BCUT2D eigenvalue weighted by molar-refractivity contribution is 5.85. The molecule has 0 aromatic carbocycles. The second-order valence-electron chi connectivity index (χ2n) is 3.21. The van der Waals surface area contributed by atoms with Crippen LogP contribution in [-0.4, -0.2) is 43.9 Å². The van der Waals surface area contributed by atoms with Crippen molar-refractivity contribution in [1.29, 1.82) is 0 Å². The van der Waals surface area contributed by atoms with Crippen LogP contribution in [0.2, 0.25) is 0 Å². The van der Waals surface area contributed by atoms with Gasteiger partial charge in [0.25, 0.3) is 0 Å². The minimum atomic E-state index is -0.176. The zero-order valence-electron chi connectivity index (χ0n) is 9.04. The minimum absolute atomic E-state index is 0.0707. The molecule has 0 saturated heterocycles. The molecule has 5 nitrogen and oxygen atoms in total. The zero-order valence-corrected chi connectivity index (χ0v) is 9.04. The Morgan fingerprint density at radius 3 is 2.43 bits per heavy atom. The Morgan fingerprint density at radius 1 is 1.50 bits per heavy atom. The van der Waals surface area contributed by atoms with E-state index in [9.17, 15) is 9.59 Å². The Labute approximate surface area is 84.6 Å². The first kappa shape index (κ1) is 12.9. The number of likely N-dealkylation sites (N-methyl/N-ethyl adjacent to an activating group) is 2. The molecule has 0 aromatic rings. The molecule has 0 heterocycles. The van der Waals surface area contributed by atoms with Crippen molar-refractivity contribution >= 4 is 11.8 Å². The van der Waals surface area contributed by atoms with Crippen LogP contribution in [0.1, 0.15) is 13.3 Å². The van der Waals surface area contributed by atoms with Crippen LogP contribution >= 0.6 is 0 Å². The Hall–Kier alpha value is -1.10. The molecule has 0 spiro atoms. The zero-order chi connectivity index (χ0) is 11.1. The summed E-state index contributed by atoms with van der Waals surface area (Å²) < 4.78 is 0. The van der Waals surface area contributed by atoms with Crippen LogP contribution in [0.25, 0.3) is 0 Å². The number of rotatable bonds is 5. The maximum Gasteiger partial charge on any atom is 0.239 e. The van der Waals surface area contributed by atoms with Crippen molar-refractivity contribution in [2.45, 2.75) is 13.3 Å². The lowest BCUT2D eigenvalue weighted by Gasteiger charge is -2.21. The van der Waals surface area contributed by atoms with Crippen LogP contribution in [0.15, 0.2) is 0 Å². The molecule has 14 heavy (non-hydrogen) atoms. The van der Waals surface area contributed by atoms with Gasteiger partial charge in [-0.3, -0.25) is 9.59 Å². The van der Waals surface area contributed by atoms with Gasteiger partial charge < -0.3 is 16.0 Å². The molecule has 0 aliphatic carbocycles. The molecule has 0 aliphatic heterocycles. The third kappa shape index (κ3) is 3.74. The number of nitrogens with zero attached hydrogens (tertiary/aromatic N) is 1. The predicted octanol–water partition coefficient (Wildman–Crippen LogP) is -0.824. The predicted molar refractivity (Wildman–Crippen MR) is 54.5 cm³/mol. The van der Waals surface area contributed by atoms with Crippen LogP contribution < -0.4 is 11.1 Å². The number of carbonyl (C=O) groups is 2. The van der Waals surface area contributed by atoms with Gasteiger partial charge >= 0.3 is 0 Å². The smallest absolute Gasteiger partial charge is 0.239 e. The molecule has 2 amide bonds. The van der Waals surface area contributed by atoms with Gasteiger partial charge in [-0.15, -0.1) is 0 Å². The van der Waals surface area contributed by atoms with Crippen molar-refractivity contribution in [3.8, 4) is 0 Å². The Balaban J connectivity index is 4.16. The lowest BCUT2D eigenvalue weighted by molar-refractivity contribution is -0.137. The number of nitrogens with two attached hydrogens (primary N) is 1. The number of hydrogen-bond acceptors (Lipinski definition) is 3. The maximum atomic E-state index is 11.6. The summed E-state index contributed by atoms with van der Waals surface area (Å²) in [6.45, 7) is 2.32. The molecule has 0 fully saturated rings. The summed E-state index contributed by atoms with van der Waals surface area (Å²) in [5, 5.41) is 2.46. The van der Waals surface area contributed by atoms with E-state index in [1.807, 2.05) is 6.92 Å². The Bertz CT molecular complexity index is 202. The molecule has 0 rings (SSSR count). The molecule has 1 unspecified atom stereocenters. The highest BCUT2D eigenvalue weighted by Crippen LogP contribution is 2.04. The Kier molecular flexibility index (Phi) is 5.87. The maximum absolute atomic E-state index is 11.6. The molecule has 0 bridgehead atoms. The number of amides is 2. The van der Waals surface area contributed by atoms with Crippen molar-refractivity contribution in [3.63, 3.8) is 0 Å². The standard InChI is InChI=1S/C9H19N3O2/c1-4-7(5-10)9(14)12(3)6-8(13)11-2/h7H,4-6,10H2,1-3H3,(H,11,13). The molecule has 82 valence electrons. The first-order valence-electron chi connectivity index (χ1n) is 4.72. The molecular formula is C9H19N3O2. The summed E-state index contributed by atoms with van der Waals surface area (Å²) >= 11 is 0. The highest BCUT2D eigenvalue weighted by Gasteiger charge is 2.19. The lowest BCUT2D eigenvalue weighted by atomic mass is 10.1. The van der Waals surface area contributed by atoms with E-state index in [0.29, 0.717) is 13.0 Å². The van der Waals surface area contributed by atoms with Crippen molar-refractivity contribution in [3.05, 3.63) is 0 Å². The van der Waals surface area contributed by atoms with E-state index in [1.54, 1.807) is 14.1 Å². The summed E-state index contributed by atoms with van der Waals surface area (Å²) in [7, 11) is 3.15. The third-order valence-corrected chi connectivity index (χ3v) is 2.16. The first-order chi connectivity index (χ1) is 6.56. The normalized spacial score (nSPS) is 12.0. The second kappa shape index (κ2) is 6.37. The molecule has 1 atom stereocenters. The van der Waals surface area contributed by atoms with Gasteiger partial charge in [0.2, 0.25) is 11.8 Å². The quantitative estimate of drug-likeness (QED) is 0.610. The third-order valence-electron chi connectivity index (χ3n) is 2.16. The van der Waals surface area contributed by atoms with Crippen LogP contribution in [0.5, 0.6) is 0 Å². The van der Waals surface area contributed by atoms with Gasteiger partial charge in [-0.05, 0) is 6.42 Å². The van der Waals surface area contributed by atoms with E-state index >= 15 is 0 Å². The number of nitrogens with one attached hydrogen (secondary N) is 1. The fraction of sp³-hybridized carbons (Fsp3) is 0.778. The molecule has 3 N–H and O–H groups in total. The summed E-state index contributed by atoms with van der Waals surface area (Å²) in [5.41, 5.74) is 5.44. The number of hydrogen-bond donors (Lipinski definition) is 2. The first-order valence-corrected chi connectivity index (χ1v) is 4.72. The molecule has 0 radical (unpaired) electrons. The molecule has 0 saturated carbocycles. The van der Waals surface area contributed by atoms with E-state index in [4.69, 9.17) is 5.73 Å². The Morgan fingerprint density at radius 2 is 2.07 bits per heavy atom. The van der Waals surface area contributed by atoms with Gasteiger partial charge in [-0.25, -0.2) is 0 Å². The molecular weight excluding hydrogens is 182 g/mol. The summed E-state index contributed by atoms with van der Waals surface area (Å²) in [6.07, 6.45) is 0.702. The van der Waals surface area contributed by atoms with Crippen molar-refractivity contribution in [2.24, 2.45) is 11.7 Å². The van der Waals surface area contributed by atoms with E-state index in [0.717, 1.165) is 0 Å². The van der Waals surface area contributed by atoms with E-state index in [-0.39, 0.29) is 24.3 Å². The minimum Gasteiger partial charge on any atom is -0.358 e. The fourth-order valence-electron chi connectivity index (χ4n) is 1.13. The summed E-state index contributed by atoms with van der Waals surface area (Å²) in [4.78, 5) is 24.0. The van der Waals surface area contributed by atoms with Crippen LogP contribution in [-0.2, 0) is 9.59 Å². The fourth-order valence-corrected chi connectivity index (χ4v) is 1.13. The average molecular weight is 201 g/mol. The van der Waals surface area contributed by atoms with Crippen molar-refractivity contribution in [2.75, 3.05) is 27.2 Å². The average Bonchev–Trinajstić information content (AvgIpc) is 2.19. The lowest BCUT2D eigenvalue weighted by Crippen LogP contribution is -2.41. The van der Waals surface area contributed by atoms with Crippen LogP contribution in [0, 0.1) is 5.92 Å². The topological polar surface area (TPSA) is 75.4 Å².